The number of benzene rings is 1. The molecule has 1 aliphatic heterocycles. The summed E-state index contributed by atoms with van der Waals surface area (Å²) in [4.78, 5) is 12.1. The van der Waals surface area contributed by atoms with Crippen molar-refractivity contribution in [2.45, 2.75) is 6.92 Å². The monoisotopic (exact) mass is 299 g/mol. The van der Waals surface area contributed by atoms with Crippen molar-refractivity contribution in [3.8, 4) is 5.75 Å². The zero-order valence-corrected chi connectivity index (χ0v) is 12.1. The number of nitrogens with one attached hydrogen (secondary N) is 1. The fourth-order valence-corrected chi connectivity index (χ4v) is 2.80. The highest BCUT2D eigenvalue weighted by Crippen LogP contribution is 2.31. The summed E-state index contributed by atoms with van der Waals surface area (Å²) in [6.07, 6.45) is 1.74. The molecular weight excluding hydrogens is 290 g/mol. The number of ether oxygens (including phenoxy) is 1. The van der Waals surface area contributed by atoms with Crippen LogP contribution in [0, 0.1) is 6.92 Å². The van der Waals surface area contributed by atoms with Crippen molar-refractivity contribution in [2.24, 2.45) is 0 Å². The average Bonchev–Trinajstić information content (AvgIpc) is 2.62. The van der Waals surface area contributed by atoms with Gasteiger partial charge in [0, 0.05) is 10.6 Å². The van der Waals surface area contributed by atoms with E-state index in [1.165, 1.54) is 11.8 Å². The van der Waals surface area contributed by atoms with Crippen molar-refractivity contribution in [3.05, 3.63) is 33.2 Å². The maximum absolute atomic E-state index is 11.5. The van der Waals surface area contributed by atoms with Gasteiger partial charge in [-0.25, -0.2) is 0 Å². The molecule has 94 valence electrons. The van der Waals surface area contributed by atoms with Crippen molar-refractivity contribution in [2.75, 3.05) is 7.11 Å². The zero-order valence-electron chi connectivity index (χ0n) is 9.74. The lowest BCUT2D eigenvalue weighted by atomic mass is 10.1. The molecule has 1 amide bonds. The number of thioether (sulfide) groups is 1. The summed E-state index contributed by atoms with van der Waals surface area (Å²) in [7, 11) is 1.59. The highest BCUT2D eigenvalue weighted by atomic mass is 35.5. The summed E-state index contributed by atoms with van der Waals surface area (Å²) in [5.74, 6) is 0.515. The van der Waals surface area contributed by atoms with Crippen LogP contribution in [0.15, 0.2) is 17.0 Å². The molecule has 1 aliphatic rings. The first kappa shape index (κ1) is 13.4. The largest absolute Gasteiger partial charge is 0.496 e. The zero-order chi connectivity index (χ0) is 13.3. The van der Waals surface area contributed by atoms with E-state index in [4.69, 9.17) is 28.6 Å². The Morgan fingerprint density at radius 1 is 1.50 bits per heavy atom. The van der Waals surface area contributed by atoms with Gasteiger partial charge in [-0.1, -0.05) is 35.6 Å². The highest BCUT2D eigenvalue weighted by molar-refractivity contribution is 8.26. The van der Waals surface area contributed by atoms with E-state index < -0.39 is 0 Å². The summed E-state index contributed by atoms with van der Waals surface area (Å²) in [5, 5.41) is 3.17. The van der Waals surface area contributed by atoms with Crippen LogP contribution < -0.4 is 10.1 Å². The number of hydrogen-bond acceptors (Lipinski definition) is 4. The number of methoxy groups -OCH3 is 1. The van der Waals surface area contributed by atoms with Gasteiger partial charge in [0.2, 0.25) is 0 Å². The lowest BCUT2D eigenvalue weighted by molar-refractivity contribution is -0.115. The topological polar surface area (TPSA) is 38.3 Å². The smallest absolute Gasteiger partial charge is 0.263 e. The molecule has 1 aromatic carbocycles. The predicted octanol–water partition coefficient (Wildman–Crippen LogP) is 3.15. The van der Waals surface area contributed by atoms with E-state index in [0.717, 1.165) is 11.1 Å². The molecule has 0 unspecified atom stereocenters. The summed E-state index contributed by atoms with van der Waals surface area (Å²) < 4.78 is 5.70. The van der Waals surface area contributed by atoms with Gasteiger partial charge in [-0.2, -0.15) is 0 Å². The van der Waals surface area contributed by atoms with Gasteiger partial charge >= 0.3 is 0 Å². The molecule has 1 heterocycles. The molecule has 2 rings (SSSR count). The van der Waals surface area contributed by atoms with E-state index in [1.54, 1.807) is 19.3 Å². The van der Waals surface area contributed by atoms with E-state index >= 15 is 0 Å². The Balaban J connectivity index is 2.41. The lowest BCUT2D eigenvalue weighted by Crippen LogP contribution is -2.17. The molecule has 6 heteroatoms. The van der Waals surface area contributed by atoms with Gasteiger partial charge in [0.15, 0.2) is 0 Å². The molecule has 0 bridgehead atoms. The second-order valence-corrected chi connectivity index (χ2v) is 5.81. The van der Waals surface area contributed by atoms with Crippen LogP contribution >= 0.6 is 35.6 Å². The first-order valence-electron chi connectivity index (χ1n) is 5.10. The average molecular weight is 300 g/mol. The standard InChI is InChI=1S/C12H10ClNO2S2/c1-6-8(13)3-7(4-9(6)16-2)5-10-11(15)14-12(17)18-10/h3-5H,1-2H3,(H,14,15,17)/b10-5-. The van der Waals surface area contributed by atoms with Crippen molar-refractivity contribution in [3.63, 3.8) is 0 Å². The third kappa shape index (κ3) is 2.68. The Kier molecular flexibility index (Phi) is 3.94. The normalized spacial score (nSPS) is 17.2. The summed E-state index contributed by atoms with van der Waals surface area (Å²) in [5.41, 5.74) is 1.69. The lowest BCUT2D eigenvalue weighted by Gasteiger charge is -2.07. The van der Waals surface area contributed by atoms with Crippen LogP contribution in [0.3, 0.4) is 0 Å². The van der Waals surface area contributed by atoms with E-state index in [2.05, 4.69) is 5.32 Å². The third-order valence-corrected chi connectivity index (χ3v) is 4.03. The predicted molar refractivity (Wildman–Crippen MR) is 79.0 cm³/mol. The number of carbonyl (C=O) groups is 1. The maximum Gasteiger partial charge on any atom is 0.263 e. The molecule has 0 atom stereocenters. The van der Waals surface area contributed by atoms with Crippen molar-refractivity contribution >= 4 is 51.9 Å². The van der Waals surface area contributed by atoms with Crippen LogP contribution in [0.4, 0.5) is 0 Å². The SMILES string of the molecule is COc1cc(/C=C2\SC(=S)NC2=O)cc(Cl)c1C. The molecule has 0 aromatic heterocycles. The number of rotatable bonds is 2. The van der Waals surface area contributed by atoms with Gasteiger partial charge in [0.05, 0.1) is 12.0 Å². The highest BCUT2D eigenvalue weighted by Gasteiger charge is 2.22. The summed E-state index contributed by atoms with van der Waals surface area (Å²) in [6, 6.07) is 3.63. The van der Waals surface area contributed by atoms with Crippen LogP contribution in [0.25, 0.3) is 6.08 Å². The van der Waals surface area contributed by atoms with Gasteiger partial charge in [0.25, 0.3) is 5.91 Å². The number of amides is 1. The number of halogens is 1. The van der Waals surface area contributed by atoms with Crippen LogP contribution in [-0.2, 0) is 4.79 Å². The minimum absolute atomic E-state index is 0.180. The quantitative estimate of drug-likeness (QED) is 0.672. The Bertz CT molecular complexity index is 569. The van der Waals surface area contributed by atoms with Gasteiger partial charge in [-0.15, -0.1) is 0 Å². The fraction of sp³-hybridized carbons (Fsp3) is 0.167. The van der Waals surface area contributed by atoms with Gasteiger partial charge in [0.1, 0.15) is 10.1 Å². The molecule has 1 aromatic rings. The van der Waals surface area contributed by atoms with Crippen LogP contribution in [-0.4, -0.2) is 17.3 Å². The second kappa shape index (κ2) is 5.30. The second-order valence-electron chi connectivity index (χ2n) is 3.68. The molecule has 1 N–H and O–H groups in total. The minimum Gasteiger partial charge on any atom is -0.496 e. The van der Waals surface area contributed by atoms with Crippen molar-refractivity contribution < 1.29 is 9.53 Å². The molecule has 0 aliphatic carbocycles. The summed E-state index contributed by atoms with van der Waals surface area (Å²) >= 11 is 12.3. The fourth-order valence-electron chi connectivity index (χ4n) is 1.54. The third-order valence-electron chi connectivity index (χ3n) is 2.48. The Morgan fingerprint density at radius 3 is 2.78 bits per heavy atom. The Hall–Kier alpha value is -1.04. The molecule has 0 saturated carbocycles. The van der Waals surface area contributed by atoms with Crippen LogP contribution in [0.5, 0.6) is 5.75 Å². The van der Waals surface area contributed by atoms with Gasteiger partial charge < -0.3 is 10.1 Å². The van der Waals surface area contributed by atoms with Gasteiger partial charge in [-0.3, -0.25) is 4.79 Å². The Morgan fingerprint density at radius 2 is 2.22 bits per heavy atom. The van der Waals surface area contributed by atoms with E-state index in [0.29, 0.717) is 20.0 Å². The molecule has 18 heavy (non-hydrogen) atoms. The van der Waals surface area contributed by atoms with E-state index in [-0.39, 0.29) is 5.91 Å². The van der Waals surface area contributed by atoms with E-state index in [9.17, 15) is 4.79 Å². The number of carbonyl (C=O) groups excluding carboxylic acids is 1. The maximum atomic E-state index is 11.5. The van der Waals surface area contributed by atoms with Gasteiger partial charge in [-0.05, 0) is 30.7 Å². The van der Waals surface area contributed by atoms with Crippen molar-refractivity contribution in [1.82, 2.24) is 5.32 Å². The molecule has 1 saturated heterocycles. The number of hydrogen-bond donors (Lipinski definition) is 1. The molecule has 3 nitrogen and oxygen atoms in total. The molecular formula is C12H10ClNO2S2. The van der Waals surface area contributed by atoms with E-state index in [1.807, 2.05) is 13.0 Å². The molecule has 0 radical (unpaired) electrons. The summed E-state index contributed by atoms with van der Waals surface area (Å²) in [6.45, 7) is 1.88. The molecule has 1 fully saturated rings. The minimum atomic E-state index is -0.180. The molecule has 0 spiro atoms. The van der Waals surface area contributed by atoms with Crippen LogP contribution in [0.2, 0.25) is 5.02 Å². The van der Waals surface area contributed by atoms with Crippen LogP contribution in [0.1, 0.15) is 11.1 Å². The Labute approximate surface area is 120 Å². The first-order valence-corrected chi connectivity index (χ1v) is 6.70. The van der Waals surface area contributed by atoms with Crippen molar-refractivity contribution in [1.29, 1.82) is 0 Å². The first-order chi connectivity index (χ1) is 8.51. The number of thiocarbonyl (C=S) groups is 1.